The Hall–Kier alpha value is -1.13. The number of anilines is 1. The first kappa shape index (κ1) is 12.3. The molecule has 0 spiro atoms. The summed E-state index contributed by atoms with van der Waals surface area (Å²) in [5.41, 5.74) is 1.19. The second-order valence-corrected chi connectivity index (χ2v) is 4.61. The van der Waals surface area contributed by atoms with Gasteiger partial charge in [0.15, 0.2) is 0 Å². The van der Waals surface area contributed by atoms with Gasteiger partial charge in [0.2, 0.25) is 0 Å². The van der Waals surface area contributed by atoms with Gasteiger partial charge in [0, 0.05) is 13.1 Å². The van der Waals surface area contributed by atoms with Crippen LogP contribution in [0.1, 0.15) is 19.4 Å². The van der Waals surface area contributed by atoms with E-state index in [0.717, 1.165) is 0 Å². The van der Waals surface area contributed by atoms with Crippen molar-refractivity contribution in [1.29, 1.82) is 0 Å². The number of aliphatic hydroxyl groups excluding tert-OH is 1. The number of ether oxygens (including phenoxy) is 1. The molecule has 1 heterocycles. The second-order valence-electron chi connectivity index (χ2n) is 4.61. The summed E-state index contributed by atoms with van der Waals surface area (Å²) in [5.74, 6) is -0.280. The van der Waals surface area contributed by atoms with E-state index in [1.807, 2.05) is 18.7 Å². The van der Waals surface area contributed by atoms with Crippen LogP contribution >= 0.6 is 0 Å². The summed E-state index contributed by atoms with van der Waals surface area (Å²) in [6, 6.07) is 4.87. The number of hydrogen-bond donors (Lipinski definition) is 1. The van der Waals surface area contributed by atoms with Crippen molar-refractivity contribution in [2.24, 2.45) is 0 Å². The van der Waals surface area contributed by atoms with Crippen molar-refractivity contribution >= 4 is 5.69 Å². The predicted molar refractivity (Wildman–Crippen MR) is 64.5 cm³/mol. The first-order valence-corrected chi connectivity index (χ1v) is 5.90. The number of aliphatic hydroxyl groups is 1. The van der Waals surface area contributed by atoms with Crippen molar-refractivity contribution in [3.05, 3.63) is 29.6 Å². The fraction of sp³-hybridized carbons (Fsp3) is 0.538. The normalized spacial score (nSPS) is 25.1. The molecule has 0 unspecified atom stereocenters. The van der Waals surface area contributed by atoms with E-state index in [9.17, 15) is 4.39 Å². The van der Waals surface area contributed by atoms with E-state index < -0.39 is 0 Å². The van der Waals surface area contributed by atoms with Crippen LogP contribution in [-0.2, 0) is 11.3 Å². The summed E-state index contributed by atoms with van der Waals surface area (Å²) >= 11 is 0. The Bertz CT molecular complexity index is 387. The average molecular weight is 239 g/mol. The summed E-state index contributed by atoms with van der Waals surface area (Å²) in [6.07, 6.45) is 0.214. The summed E-state index contributed by atoms with van der Waals surface area (Å²) < 4.78 is 19.5. The first-order valence-electron chi connectivity index (χ1n) is 5.90. The van der Waals surface area contributed by atoms with Gasteiger partial charge in [-0.15, -0.1) is 0 Å². The van der Waals surface area contributed by atoms with Gasteiger partial charge < -0.3 is 14.7 Å². The van der Waals surface area contributed by atoms with Crippen LogP contribution in [0.15, 0.2) is 18.2 Å². The molecule has 2 rings (SSSR count). The Morgan fingerprint density at radius 1 is 1.35 bits per heavy atom. The molecule has 1 fully saturated rings. The fourth-order valence-corrected chi connectivity index (χ4v) is 2.28. The third kappa shape index (κ3) is 2.76. The first-order chi connectivity index (χ1) is 8.10. The van der Waals surface area contributed by atoms with Crippen LogP contribution in [0, 0.1) is 5.82 Å². The zero-order chi connectivity index (χ0) is 12.4. The molecule has 1 N–H and O–H groups in total. The van der Waals surface area contributed by atoms with Crippen LogP contribution in [0.25, 0.3) is 0 Å². The summed E-state index contributed by atoms with van der Waals surface area (Å²) in [4.78, 5) is 2.00. The predicted octanol–water partition coefficient (Wildman–Crippen LogP) is 1.93. The molecule has 1 aromatic rings. The summed E-state index contributed by atoms with van der Waals surface area (Å²) in [5, 5.41) is 8.95. The number of hydrogen-bond acceptors (Lipinski definition) is 3. The van der Waals surface area contributed by atoms with Crippen LogP contribution in [0.3, 0.4) is 0 Å². The van der Waals surface area contributed by atoms with Crippen LogP contribution in [-0.4, -0.2) is 30.4 Å². The molecule has 1 saturated heterocycles. The highest BCUT2D eigenvalue weighted by Gasteiger charge is 2.24. The third-order valence-electron chi connectivity index (χ3n) is 2.95. The zero-order valence-electron chi connectivity index (χ0n) is 10.2. The lowest BCUT2D eigenvalue weighted by atomic mass is 10.1. The molecule has 0 aliphatic carbocycles. The number of benzene rings is 1. The van der Waals surface area contributed by atoms with Gasteiger partial charge in [-0.05, 0) is 31.5 Å². The zero-order valence-corrected chi connectivity index (χ0v) is 10.2. The molecule has 1 aromatic carbocycles. The van der Waals surface area contributed by atoms with Crippen molar-refractivity contribution in [1.82, 2.24) is 0 Å². The third-order valence-corrected chi connectivity index (χ3v) is 2.95. The highest BCUT2D eigenvalue weighted by atomic mass is 19.1. The molecule has 4 heteroatoms. The van der Waals surface area contributed by atoms with E-state index in [1.165, 1.54) is 6.07 Å². The molecule has 0 bridgehead atoms. The topological polar surface area (TPSA) is 32.7 Å². The standard InChI is InChI=1S/C13H18FNO2/c1-9-6-15(7-10(2)17-9)13-4-3-11(8-16)5-12(13)14/h3-5,9-10,16H,6-8H2,1-2H3/t9-,10+. The van der Waals surface area contributed by atoms with Crippen molar-refractivity contribution in [2.75, 3.05) is 18.0 Å². The Morgan fingerprint density at radius 2 is 2.00 bits per heavy atom. The molecule has 0 radical (unpaired) electrons. The smallest absolute Gasteiger partial charge is 0.146 e. The molecule has 1 aliphatic heterocycles. The molecular formula is C13H18FNO2. The van der Waals surface area contributed by atoms with Crippen molar-refractivity contribution in [3.8, 4) is 0 Å². The molecule has 0 saturated carbocycles. The molecule has 94 valence electrons. The number of morpholine rings is 1. The van der Waals surface area contributed by atoms with Gasteiger partial charge in [-0.3, -0.25) is 0 Å². The lowest BCUT2D eigenvalue weighted by Gasteiger charge is -2.37. The highest BCUT2D eigenvalue weighted by Crippen LogP contribution is 2.24. The maximum absolute atomic E-state index is 13.9. The van der Waals surface area contributed by atoms with E-state index in [2.05, 4.69) is 0 Å². The molecule has 17 heavy (non-hydrogen) atoms. The highest BCUT2D eigenvalue weighted by molar-refractivity contribution is 5.49. The molecule has 3 nitrogen and oxygen atoms in total. The van der Waals surface area contributed by atoms with Gasteiger partial charge in [0.1, 0.15) is 5.82 Å². The Labute approximate surface area is 101 Å². The van der Waals surface area contributed by atoms with Gasteiger partial charge >= 0.3 is 0 Å². The van der Waals surface area contributed by atoms with Gasteiger partial charge in [0.25, 0.3) is 0 Å². The minimum Gasteiger partial charge on any atom is -0.392 e. The van der Waals surface area contributed by atoms with Crippen LogP contribution in [0.4, 0.5) is 10.1 Å². The van der Waals surface area contributed by atoms with E-state index in [-0.39, 0.29) is 24.6 Å². The Kier molecular flexibility index (Phi) is 3.64. The average Bonchev–Trinajstić information content (AvgIpc) is 2.27. The molecular weight excluding hydrogens is 221 g/mol. The van der Waals surface area contributed by atoms with Gasteiger partial charge in [-0.1, -0.05) is 6.07 Å². The van der Waals surface area contributed by atoms with E-state index in [0.29, 0.717) is 24.3 Å². The lowest BCUT2D eigenvalue weighted by molar-refractivity contribution is -0.00539. The largest absolute Gasteiger partial charge is 0.392 e. The van der Waals surface area contributed by atoms with Crippen LogP contribution < -0.4 is 4.90 Å². The Morgan fingerprint density at radius 3 is 2.53 bits per heavy atom. The molecule has 0 amide bonds. The Balaban J connectivity index is 2.21. The van der Waals surface area contributed by atoms with Gasteiger partial charge in [0.05, 0.1) is 24.5 Å². The van der Waals surface area contributed by atoms with E-state index >= 15 is 0 Å². The monoisotopic (exact) mass is 239 g/mol. The molecule has 1 aliphatic rings. The maximum atomic E-state index is 13.9. The van der Waals surface area contributed by atoms with Gasteiger partial charge in [-0.2, -0.15) is 0 Å². The van der Waals surface area contributed by atoms with Crippen molar-refractivity contribution in [3.63, 3.8) is 0 Å². The van der Waals surface area contributed by atoms with Gasteiger partial charge in [-0.25, -0.2) is 4.39 Å². The van der Waals surface area contributed by atoms with Crippen molar-refractivity contribution < 1.29 is 14.2 Å². The quantitative estimate of drug-likeness (QED) is 0.856. The number of rotatable bonds is 2. The minimum absolute atomic E-state index is 0.107. The van der Waals surface area contributed by atoms with Crippen molar-refractivity contribution in [2.45, 2.75) is 32.7 Å². The molecule has 0 aromatic heterocycles. The van der Waals surface area contributed by atoms with E-state index in [4.69, 9.17) is 9.84 Å². The fourth-order valence-electron chi connectivity index (χ4n) is 2.28. The van der Waals surface area contributed by atoms with Crippen LogP contribution in [0.5, 0.6) is 0 Å². The number of halogens is 1. The van der Waals surface area contributed by atoms with E-state index in [1.54, 1.807) is 12.1 Å². The molecule has 2 atom stereocenters. The SMILES string of the molecule is C[C@@H]1CN(c2ccc(CO)cc2F)C[C@H](C)O1. The van der Waals surface area contributed by atoms with Crippen LogP contribution in [0.2, 0.25) is 0 Å². The number of nitrogens with zero attached hydrogens (tertiary/aromatic N) is 1. The summed E-state index contributed by atoms with van der Waals surface area (Å²) in [6.45, 7) is 5.23. The maximum Gasteiger partial charge on any atom is 0.146 e. The second kappa shape index (κ2) is 5.02. The minimum atomic E-state index is -0.280. The lowest BCUT2D eigenvalue weighted by Crippen LogP contribution is -2.45. The summed E-state index contributed by atoms with van der Waals surface area (Å²) in [7, 11) is 0.